The molecule has 30 heavy (non-hydrogen) atoms. The van der Waals surface area contributed by atoms with Crippen molar-refractivity contribution in [2.24, 2.45) is 4.99 Å². The van der Waals surface area contributed by atoms with Crippen molar-refractivity contribution in [1.82, 2.24) is 8.87 Å². The number of halogens is 1. The molecule has 1 fully saturated rings. The second-order valence-corrected chi connectivity index (χ2v) is 10.6. The van der Waals surface area contributed by atoms with Gasteiger partial charge in [0.05, 0.1) is 15.1 Å². The lowest BCUT2D eigenvalue weighted by Crippen LogP contribution is -2.40. The molecule has 0 spiro atoms. The summed E-state index contributed by atoms with van der Waals surface area (Å²) in [5.41, 5.74) is 1.93. The fourth-order valence-electron chi connectivity index (χ4n) is 3.73. The lowest BCUT2D eigenvalue weighted by molar-refractivity contribution is -0.121. The van der Waals surface area contributed by atoms with Crippen LogP contribution in [0.25, 0.3) is 10.2 Å². The molecule has 2 aromatic carbocycles. The van der Waals surface area contributed by atoms with Crippen LogP contribution in [0, 0.1) is 6.92 Å². The van der Waals surface area contributed by atoms with Gasteiger partial charge in [-0.25, -0.2) is 8.42 Å². The summed E-state index contributed by atoms with van der Waals surface area (Å²) in [5.74, 6) is -0.428. The molecule has 6 nitrogen and oxygen atoms in total. The monoisotopic (exact) mass is 463 g/mol. The van der Waals surface area contributed by atoms with Gasteiger partial charge in [-0.3, -0.25) is 4.79 Å². The third-order valence-electron chi connectivity index (χ3n) is 5.28. The molecule has 1 aliphatic rings. The van der Waals surface area contributed by atoms with Crippen molar-refractivity contribution in [3.05, 3.63) is 57.9 Å². The summed E-state index contributed by atoms with van der Waals surface area (Å²) in [6.45, 7) is 4.84. The first-order chi connectivity index (χ1) is 14.3. The quantitative estimate of drug-likeness (QED) is 0.587. The van der Waals surface area contributed by atoms with Gasteiger partial charge in [0.2, 0.25) is 10.0 Å². The molecule has 0 N–H and O–H groups in total. The Kier molecular flexibility index (Phi) is 5.85. The molecule has 0 radical (unpaired) electrons. The number of fused-ring (bicyclic) bond motifs is 1. The predicted molar refractivity (Wildman–Crippen MR) is 119 cm³/mol. The van der Waals surface area contributed by atoms with Crippen molar-refractivity contribution in [2.45, 2.75) is 44.2 Å². The second kappa shape index (κ2) is 8.26. The van der Waals surface area contributed by atoms with Crippen molar-refractivity contribution in [1.29, 1.82) is 0 Å². The van der Waals surface area contributed by atoms with Crippen LogP contribution < -0.4 is 4.80 Å². The topological polar surface area (TPSA) is 71.7 Å². The number of hydrogen-bond donors (Lipinski definition) is 0. The van der Waals surface area contributed by atoms with Gasteiger partial charge in [0.15, 0.2) is 4.80 Å². The van der Waals surface area contributed by atoms with E-state index in [0.717, 1.165) is 15.8 Å². The van der Waals surface area contributed by atoms with E-state index in [1.165, 1.54) is 15.6 Å². The fourth-order valence-corrected chi connectivity index (χ4v) is 6.75. The molecule has 1 atom stereocenters. The summed E-state index contributed by atoms with van der Waals surface area (Å²) in [5, 5.41) is 0.621. The third kappa shape index (κ3) is 3.85. The molecular weight excluding hydrogens is 442 g/mol. The molecule has 4 rings (SSSR count). The predicted octanol–water partition coefficient (Wildman–Crippen LogP) is 3.97. The van der Waals surface area contributed by atoms with Gasteiger partial charge in [-0.15, -0.1) is 0 Å². The maximum absolute atomic E-state index is 13.1. The highest BCUT2D eigenvalue weighted by Crippen LogP contribution is 2.27. The highest BCUT2D eigenvalue weighted by molar-refractivity contribution is 7.89. The number of aryl methyl sites for hydroxylation is 2. The highest BCUT2D eigenvalue weighted by Gasteiger charge is 2.39. The Labute approximate surface area is 184 Å². The summed E-state index contributed by atoms with van der Waals surface area (Å²) in [7, 11) is -3.76. The Morgan fingerprint density at radius 1 is 1.23 bits per heavy atom. The van der Waals surface area contributed by atoms with Crippen LogP contribution in [0.2, 0.25) is 5.02 Å². The molecule has 1 unspecified atom stereocenters. The average Bonchev–Trinajstić information content (AvgIpc) is 3.32. The molecule has 0 bridgehead atoms. The van der Waals surface area contributed by atoms with Crippen LogP contribution in [0.15, 0.2) is 52.4 Å². The number of benzene rings is 2. The van der Waals surface area contributed by atoms with E-state index in [-0.39, 0.29) is 4.90 Å². The second-order valence-electron chi connectivity index (χ2n) is 7.28. The molecule has 9 heteroatoms. The molecular formula is C21H22ClN3O3S2. The number of amides is 1. The Morgan fingerprint density at radius 2 is 1.97 bits per heavy atom. The largest absolute Gasteiger partial charge is 0.317 e. The first-order valence-corrected chi connectivity index (χ1v) is 12.4. The number of nitrogens with zero attached hydrogens (tertiary/aromatic N) is 3. The number of aromatic nitrogens is 1. The molecule has 0 aliphatic carbocycles. The highest BCUT2D eigenvalue weighted by atomic mass is 35.5. The van der Waals surface area contributed by atoms with E-state index in [1.54, 1.807) is 30.3 Å². The lowest BCUT2D eigenvalue weighted by Gasteiger charge is -2.21. The van der Waals surface area contributed by atoms with E-state index < -0.39 is 22.0 Å². The minimum absolute atomic E-state index is 0.202. The fraction of sp³-hybridized carbons (Fsp3) is 0.333. The van der Waals surface area contributed by atoms with E-state index in [9.17, 15) is 13.2 Å². The van der Waals surface area contributed by atoms with Crippen LogP contribution in [0.5, 0.6) is 0 Å². The summed E-state index contributed by atoms with van der Waals surface area (Å²) < 4.78 is 30.4. The summed E-state index contributed by atoms with van der Waals surface area (Å²) in [4.78, 5) is 18.2. The molecule has 1 aliphatic heterocycles. The van der Waals surface area contributed by atoms with Gasteiger partial charge in [0.1, 0.15) is 6.04 Å². The van der Waals surface area contributed by atoms with Gasteiger partial charge in [-0.1, -0.05) is 40.6 Å². The van der Waals surface area contributed by atoms with Crippen LogP contribution in [0.3, 0.4) is 0 Å². The third-order valence-corrected chi connectivity index (χ3v) is 8.48. The number of hydrogen-bond acceptors (Lipinski definition) is 4. The van der Waals surface area contributed by atoms with Crippen LogP contribution in [-0.4, -0.2) is 35.8 Å². The number of rotatable bonds is 4. The SMILES string of the molecule is CCn1c(=NC(=O)C2CCCN2S(=O)(=O)c2ccc(C)cc2)sc2cc(Cl)ccc21. The minimum atomic E-state index is -3.76. The molecule has 1 aromatic heterocycles. The van der Waals surface area contributed by atoms with Crippen LogP contribution >= 0.6 is 22.9 Å². The summed E-state index contributed by atoms with van der Waals surface area (Å²) in [6, 6.07) is 11.5. The Bertz CT molecular complexity index is 1280. The molecule has 0 saturated carbocycles. The zero-order valence-corrected chi connectivity index (χ0v) is 19.1. The zero-order valence-electron chi connectivity index (χ0n) is 16.7. The van der Waals surface area contributed by atoms with Crippen LogP contribution in [-0.2, 0) is 21.4 Å². The van der Waals surface area contributed by atoms with Crippen molar-refractivity contribution in [2.75, 3.05) is 6.54 Å². The van der Waals surface area contributed by atoms with Crippen molar-refractivity contribution < 1.29 is 13.2 Å². The lowest BCUT2D eigenvalue weighted by atomic mass is 10.2. The number of sulfonamides is 1. The standard InChI is InChI=1S/C21H22ClN3O3S2/c1-3-24-17-11-8-15(22)13-19(17)29-21(24)23-20(26)18-5-4-12-25(18)30(27,28)16-9-6-14(2)7-10-16/h6-11,13,18H,3-5,12H2,1-2H3. The zero-order chi connectivity index (χ0) is 21.5. The van der Waals surface area contributed by atoms with Gasteiger partial charge in [0, 0.05) is 18.1 Å². The maximum Gasteiger partial charge on any atom is 0.266 e. The van der Waals surface area contributed by atoms with Gasteiger partial charge in [0.25, 0.3) is 5.91 Å². The first kappa shape index (κ1) is 21.2. The Balaban J connectivity index is 1.71. The molecule has 3 aromatic rings. The van der Waals surface area contributed by atoms with E-state index >= 15 is 0 Å². The van der Waals surface area contributed by atoms with E-state index in [0.29, 0.717) is 35.8 Å². The van der Waals surface area contributed by atoms with E-state index in [2.05, 4.69) is 4.99 Å². The maximum atomic E-state index is 13.1. The Hall–Kier alpha value is -2.00. The molecule has 2 heterocycles. The smallest absolute Gasteiger partial charge is 0.266 e. The van der Waals surface area contributed by atoms with E-state index in [4.69, 9.17) is 11.6 Å². The number of thiazole rings is 1. The number of carbonyl (C=O) groups excluding carboxylic acids is 1. The van der Waals surface area contributed by atoms with Crippen molar-refractivity contribution in [3.8, 4) is 0 Å². The van der Waals surface area contributed by atoms with Gasteiger partial charge in [-0.05, 0) is 57.0 Å². The van der Waals surface area contributed by atoms with Gasteiger partial charge >= 0.3 is 0 Å². The summed E-state index contributed by atoms with van der Waals surface area (Å²) in [6.07, 6.45) is 1.10. The average molecular weight is 464 g/mol. The Morgan fingerprint density at radius 3 is 2.67 bits per heavy atom. The summed E-state index contributed by atoms with van der Waals surface area (Å²) >= 11 is 7.48. The van der Waals surface area contributed by atoms with Crippen LogP contribution in [0.4, 0.5) is 0 Å². The van der Waals surface area contributed by atoms with Crippen molar-refractivity contribution >= 4 is 49.1 Å². The minimum Gasteiger partial charge on any atom is -0.317 e. The van der Waals surface area contributed by atoms with E-state index in [1.807, 2.05) is 30.5 Å². The van der Waals surface area contributed by atoms with Gasteiger partial charge < -0.3 is 4.57 Å². The first-order valence-electron chi connectivity index (χ1n) is 9.77. The number of carbonyl (C=O) groups is 1. The molecule has 1 saturated heterocycles. The van der Waals surface area contributed by atoms with Crippen molar-refractivity contribution in [3.63, 3.8) is 0 Å². The van der Waals surface area contributed by atoms with Crippen LogP contribution in [0.1, 0.15) is 25.3 Å². The molecule has 158 valence electrons. The van der Waals surface area contributed by atoms with Gasteiger partial charge in [-0.2, -0.15) is 9.30 Å². The normalized spacial score (nSPS) is 18.4. The molecule has 1 amide bonds.